The van der Waals surface area contributed by atoms with Crippen molar-refractivity contribution in [1.82, 2.24) is 34.5 Å². The van der Waals surface area contributed by atoms with Crippen LogP contribution in [0.25, 0.3) is 21.8 Å². The summed E-state index contributed by atoms with van der Waals surface area (Å²) in [5, 5.41) is 15.5. The summed E-state index contributed by atoms with van der Waals surface area (Å²) in [6.45, 7) is 4.62. The van der Waals surface area contributed by atoms with Gasteiger partial charge in [-0.05, 0) is 68.2 Å². The molecule has 16 nitrogen and oxygen atoms in total. The van der Waals surface area contributed by atoms with E-state index in [-0.39, 0.29) is 41.3 Å². The van der Waals surface area contributed by atoms with Crippen LogP contribution in [0.4, 0.5) is 37.6 Å². The lowest BCUT2D eigenvalue weighted by Gasteiger charge is -2.50. The highest BCUT2D eigenvalue weighted by atomic mass is 35.5. The third-order valence-electron chi connectivity index (χ3n) is 14.1. The summed E-state index contributed by atoms with van der Waals surface area (Å²) < 4.78 is 45.4. The van der Waals surface area contributed by atoms with Gasteiger partial charge >= 0.3 is 5.92 Å². The van der Waals surface area contributed by atoms with E-state index < -0.39 is 30.0 Å². The van der Waals surface area contributed by atoms with Crippen molar-refractivity contribution in [3.63, 3.8) is 0 Å². The molecule has 3 N–H and O–H groups in total. The zero-order valence-corrected chi connectivity index (χ0v) is 36.4. The minimum absolute atomic E-state index is 0.0312. The highest BCUT2D eigenvalue weighted by Crippen LogP contribution is 2.46. The molecule has 19 heteroatoms. The number of alkyl halides is 2. The number of fused-ring (bicyclic) bond motifs is 6. The van der Waals surface area contributed by atoms with Gasteiger partial charge in [0.2, 0.25) is 23.5 Å². The van der Waals surface area contributed by atoms with Crippen molar-refractivity contribution in [3.8, 4) is 5.75 Å². The van der Waals surface area contributed by atoms with Gasteiger partial charge in [-0.3, -0.25) is 29.3 Å². The summed E-state index contributed by atoms with van der Waals surface area (Å²) in [5.74, 6) is -2.94. The van der Waals surface area contributed by atoms with Crippen LogP contribution in [0.3, 0.4) is 0 Å². The first-order valence-electron chi connectivity index (χ1n) is 22.3. The minimum Gasteiger partial charge on any atom is -0.480 e. The summed E-state index contributed by atoms with van der Waals surface area (Å²) in [7, 11) is 3.53. The number of morpholine rings is 1. The zero-order chi connectivity index (χ0) is 44.0. The number of aryl methyl sites for hydroxylation is 2. The number of anilines is 5. The quantitative estimate of drug-likeness (QED) is 0.175. The maximum atomic E-state index is 15.2. The number of carbonyl (C=O) groups excluding carboxylic acids is 2. The number of imide groups is 1. The van der Waals surface area contributed by atoms with Crippen LogP contribution in [0.5, 0.6) is 5.75 Å². The van der Waals surface area contributed by atoms with E-state index in [1.165, 1.54) is 4.57 Å². The summed E-state index contributed by atoms with van der Waals surface area (Å²) in [4.78, 5) is 54.8. The predicted molar refractivity (Wildman–Crippen MR) is 238 cm³/mol. The number of nitrogens with zero attached hydrogens (tertiary/aromatic N) is 8. The van der Waals surface area contributed by atoms with Crippen LogP contribution in [-0.2, 0) is 28.4 Å². The molecule has 0 spiro atoms. The van der Waals surface area contributed by atoms with Gasteiger partial charge in [0.15, 0.2) is 12.4 Å². The first-order valence-corrected chi connectivity index (χ1v) is 22.6. The van der Waals surface area contributed by atoms with E-state index >= 15 is 8.78 Å². The second kappa shape index (κ2) is 15.8. The van der Waals surface area contributed by atoms with Gasteiger partial charge in [0.1, 0.15) is 5.02 Å². The molecule has 4 atom stereocenters. The second-order valence-electron chi connectivity index (χ2n) is 18.4. The van der Waals surface area contributed by atoms with E-state index in [9.17, 15) is 14.4 Å². The van der Waals surface area contributed by atoms with E-state index in [1.807, 2.05) is 29.9 Å². The normalized spacial score (nSPS) is 25.1. The maximum Gasteiger partial charge on any atom is 0.301 e. The van der Waals surface area contributed by atoms with Crippen LogP contribution in [0, 0.1) is 11.8 Å². The molecular formula is C45H50ClF2N11O5. The van der Waals surface area contributed by atoms with Crippen LogP contribution in [0.15, 0.2) is 47.4 Å². The number of rotatable bonds is 8. The van der Waals surface area contributed by atoms with E-state index in [1.54, 1.807) is 25.4 Å². The molecule has 2 bridgehead atoms. The number of ether oxygens (including phenoxy) is 2. The van der Waals surface area contributed by atoms with Crippen molar-refractivity contribution in [1.29, 1.82) is 0 Å². The summed E-state index contributed by atoms with van der Waals surface area (Å²) >= 11 is 6.73. The number of carbonyl (C=O) groups is 2. The molecule has 336 valence electrons. The fourth-order valence-corrected chi connectivity index (χ4v) is 10.9. The van der Waals surface area contributed by atoms with Crippen LogP contribution in [0.1, 0.15) is 50.1 Å². The van der Waals surface area contributed by atoms with Crippen molar-refractivity contribution in [2.45, 2.75) is 68.5 Å². The van der Waals surface area contributed by atoms with Gasteiger partial charge in [-0.25, -0.2) is 13.8 Å². The molecule has 11 rings (SSSR count). The number of benzene rings is 2. The Morgan fingerprint density at radius 1 is 0.984 bits per heavy atom. The molecule has 6 aliphatic rings. The zero-order valence-electron chi connectivity index (χ0n) is 35.7. The Balaban J connectivity index is 0.771. The first-order chi connectivity index (χ1) is 30.9. The molecule has 5 aliphatic heterocycles. The highest BCUT2D eigenvalue weighted by molar-refractivity contribution is 6.33. The van der Waals surface area contributed by atoms with Crippen molar-refractivity contribution in [3.05, 3.63) is 63.7 Å². The molecule has 8 heterocycles. The third kappa shape index (κ3) is 7.26. The molecule has 5 aromatic rings. The number of hydrogen-bond acceptors (Lipinski definition) is 13. The Bertz CT molecular complexity index is 2740. The number of amides is 2. The lowest BCUT2D eigenvalue weighted by Crippen LogP contribution is -2.65. The average molecular weight is 898 g/mol. The Morgan fingerprint density at radius 2 is 1.77 bits per heavy atom. The van der Waals surface area contributed by atoms with Crippen molar-refractivity contribution in [2.75, 3.05) is 73.0 Å². The molecule has 4 unspecified atom stereocenters. The number of piperazine rings is 1. The largest absolute Gasteiger partial charge is 0.480 e. The molecule has 64 heavy (non-hydrogen) atoms. The van der Waals surface area contributed by atoms with Crippen LogP contribution in [0.2, 0.25) is 5.02 Å². The monoisotopic (exact) mass is 897 g/mol. The van der Waals surface area contributed by atoms with Gasteiger partial charge in [0.05, 0.1) is 71.6 Å². The second-order valence-corrected chi connectivity index (χ2v) is 18.8. The molecular weight excluding hydrogens is 848 g/mol. The fourth-order valence-electron chi connectivity index (χ4n) is 10.8. The Hall–Kier alpha value is -5.59. The van der Waals surface area contributed by atoms with Crippen molar-refractivity contribution >= 4 is 74.0 Å². The van der Waals surface area contributed by atoms with Crippen molar-refractivity contribution in [2.24, 2.45) is 25.9 Å². The van der Waals surface area contributed by atoms with Gasteiger partial charge in [-0.2, -0.15) is 10.1 Å². The van der Waals surface area contributed by atoms with Gasteiger partial charge < -0.3 is 34.5 Å². The summed E-state index contributed by atoms with van der Waals surface area (Å²) in [5.41, 5.74) is 3.82. The average Bonchev–Trinajstić information content (AvgIpc) is 4.08. The third-order valence-corrected chi connectivity index (χ3v) is 14.4. The first kappa shape index (κ1) is 41.1. The van der Waals surface area contributed by atoms with E-state index in [0.29, 0.717) is 78.2 Å². The molecule has 3 aromatic heterocycles. The number of hydrogen-bond donors (Lipinski definition) is 3. The van der Waals surface area contributed by atoms with Crippen LogP contribution >= 0.6 is 11.6 Å². The molecule has 0 radical (unpaired) electrons. The lowest BCUT2D eigenvalue weighted by atomic mass is 9.92. The molecule has 4 saturated heterocycles. The van der Waals surface area contributed by atoms with Gasteiger partial charge in [0, 0.05) is 69.7 Å². The van der Waals surface area contributed by atoms with E-state index in [2.05, 4.69) is 36.7 Å². The molecule has 1 saturated carbocycles. The summed E-state index contributed by atoms with van der Waals surface area (Å²) in [6.07, 6.45) is 5.84. The lowest BCUT2D eigenvalue weighted by molar-refractivity contribution is -0.134. The van der Waals surface area contributed by atoms with E-state index in [0.717, 1.165) is 67.8 Å². The van der Waals surface area contributed by atoms with Gasteiger partial charge in [0.25, 0.3) is 5.56 Å². The highest BCUT2D eigenvalue weighted by Gasteiger charge is 2.51. The number of nitrogens with one attached hydrogen (secondary N) is 3. The fraction of sp³-hybridized carbons (Fsp3) is 0.511. The Labute approximate surface area is 372 Å². The maximum absolute atomic E-state index is 15.2. The van der Waals surface area contributed by atoms with Crippen LogP contribution in [-0.4, -0.2) is 118 Å². The topological polar surface area (TPSA) is 164 Å². The van der Waals surface area contributed by atoms with Crippen LogP contribution < -0.4 is 36.0 Å². The number of pyridine rings is 1. The van der Waals surface area contributed by atoms with E-state index in [4.69, 9.17) is 36.1 Å². The standard InChI is InChI=1S/C45H50ClF2N11O5/c1-55-33-10-8-26(16-31(33)37-39(43(55)62)64-23-45(47,48)40(52-37)25-6-7-25)50-41-32(46)17-49-44(53-41)59-27-19-57(20-28(59)22-63-21-27)18-24-12-14-58(15-13-24)34-5-3-4-29-36(54-56(2)38(29)34)30-9-11-35(60)51-42(30)61/h3-5,8,10,16-17,24-25,27-28,30,40,52H,6-7,9,11-15,18-23H2,1-2H3,(H,49,50,53)(H,51,60,61). The smallest absolute Gasteiger partial charge is 0.301 e. The summed E-state index contributed by atoms with van der Waals surface area (Å²) in [6, 6.07) is 10.5. The van der Waals surface area contributed by atoms with Gasteiger partial charge in [-0.1, -0.05) is 23.7 Å². The minimum atomic E-state index is -3.14. The molecule has 5 fully saturated rings. The number of aromatic nitrogens is 5. The molecule has 1 aliphatic carbocycles. The SMILES string of the molecule is Cn1nc(C2CCC(=O)NC2=O)c2cccc(N3CCC(CN4CC5COCC(C4)N5c4ncc(Cl)c(Nc5ccc6c(c5)c5c(c(=O)n6C)OCC(F)(F)C(C6CC6)N5)n4)CC3)c21. The molecule has 2 aromatic carbocycles. The Kier molecular flexibility index (Phi) is 10.2. The number of halogens is 3. The van der Waals surface area contributed by atoms with Crippen molar-refractivity contribution < 1.29 is 27.8 Å². The number of para-hydroxylation sites is 1. The predicted octanol–water partition coefficient (Wildman–Crippen LogP) is 5.16. The molecule has 2 amide bonds. The van der Waals surface area contributed by atoms with Gasteiger partial charge in [-0.15, -0.1) is 0 Å². The Morgan fingerprint density at radius 3 is 2.52 bits per heavy atom. The number of piperidine rings is 2.